The molecule has 0 unspecified atom stereocenters. The van der Waals surface area contributed by atoms with Gasteiger partial charge in [0.15, 0.2) is 0 Å². The number of piperazine rings is 1. The highest BCUT2D eigenvalue weighted by Gasteiger charge is 2.31. The molecule has 1 fully saturated rings. The van der Waals surface area contributed by atoms with Crippen LogP contribution in [-0.2, 0) is 0 Å². The molecule has 1 aliphatic heterocycles. The Hall–Kier alpha value is -1.55. The second-order valence-electron chi connectivity index (χ2n) is 6.09. The van der Waals surface area contributed by atoms with Crippen LogP contribution in [0.5, 0.6) is 0 Å². The summed E-state index contributed by atoms with van der Waals surface area (Å²) in [6.07, 6.45) is 0. The van der Waals surface area contributed by atoms with Gasteiger partial charge in [-0.05, 0) is 40.0 Å². The van der Waals surface area contributed by atoms with Crippen molar-refractivity contribution in [2.24, 2.45) is 5.73 Å². The van der Waals surface area contributed by atoms with E-state index in [0.717, 1.165) is 36.4 Å². The van der Waals surface area contributed by atoms with E-state index in [9.17, 15) is 0 Å². The first-order chi connectivity index (χ1) is 8.81. The molecule has 19 heavy (non-hydrogen) atoms. The van der Waals surface area contributed by atoms with Crippen LogP contribution >= 0.6 is 0 Å². The van der Waals surface area contributed by atoms with Crippen molar-refractivity contribution in [3.8, 4) is 0 Å². The second-order valence-corrected chi connectivity index (χ2v) is 6.09. The number of rotatable bonds is 2. The highest BCUT2D eigenvalue weighted by molar-refractivity contribution is 6.00. The van der Waals surface area contributed by atoms with Crippen molar-refractivity contribution in [3.63, 3.8) is 0 Å². The zero-order valence-corrected chi connectivity index (χ0v) is 12.3. The maximum absolute atomic E-state index is 7.77. The van der Waals surface area contributed by atoms with Gasteiger partial charge >= 0.3 is 0 Å². The molecule has 0 saturated carbocycles. The number of aryl methyl sites for hydroxylation is 1. The first kappa shape index (κ1) is 13.9. The third-order valence-corrected chi connectivity index (χ3v) is 4.10. The monoisotopic (exact) mass is 260 g/mol. The van der Waals surface area contributed by atoms with Crippen LogP contribution in [0, 0.1) is 12.3 Å². The van der Waals surface area contributed by atoms with E-state index in [1.165, 1.54) is 0 Å². The fourth-order valence-corrected chi connectivity index (χ4v) is 2.59. The molecule has 3 N–H and O–H groups in total. The Balaban J connectivity index is 2.35. The number of hydrogen-bond donors (Lipinski definition) is 2. The van der Waals surface area contributed by atoms with Crippen LogP contribution in [0.25, 0.3) is 0 Å². The van der Waals surface area contributed by atoms with Crippen LogP contribution in [-0.4, -0.2) is 43.0 Å². The van der Waals surface area contributed by atoms with E-state index >= 15 is 0 Å². The highest BCUT2D eigenvalue weighted by Crippen LogP contribution is 2.27. The molecule has 2 rings (SSSR count). The summed E-state index contributed by atoms with van der Waals surface area (Å²) in [6, 6.07) is 6.18. The maximum Gasteiger partial charge on any atom is 0.124 e. The number of nitrogens with one attached hydrogen (secondary N) is 1. The Morgan fingerprint density at radius 3 is 2.58 bits per heavy atom. The second kappa shape index (κ2) is 4.85. The van der Waals surface area contributed by atoms with E-state index in [0.29, 0.717) is 0 Å². The third-order valence-electron chi connectivity index (χ3n) is 4.10. The van der Waals surface area contributed by atoms with Crippen LogP contribution in [0.4, 0.5) is 5.69 Å². The molecule has 4 nitrogen and oxygen atoms in total. The number of nitrogen functional groups attached to an aromatic ring is 1. The van der Waals surface area contributed by atoms with Gasteiger partial charge in [0, 0.05) is 36.4 Å². The van der Waals surface area contributed by atoms with Crippen LogP contribution in [0.15, 0.2) is 18.2 Å². The average Bonchev–Trinajstić information content (AvgIpc) is 2.32. The van der Waals surface area contributed by atoms with Gasteiger partial charge < -0.3 is 10.6 Å². The van der Waals surface area contributed by atoms with Crippen molar-refractivity contribution >= 4 is 11.5 Å². The zero-order chi connectivity index (χ0) is 14.2. The molecule has 0 amide bonds. The largest absolute Gasteiger partial charge is 0.384 e. The number of anilines is 1. The van der Waals surface area contributed by atoms with Crippen molar-refractivity contribution in [2.45, 2.75) is 26.3 Å². The van der Waals surface area contributed by atoms with E-state index in [2.05, 4.69) is 42.8 Å². The number of hydrogen-bond acceptors (Lipinski definition) is 3. The maximum atomic E-state index is 7.77. The summed E-state index contributed by atoms with van der Waals surface area (Å²) in [5.74, 6) is 0.149. The van der Waals surface area contributed by atoms with Gasteiger partial charge in [-0.3, -0.25) is 10.3 Å². The fourth-order valence-electron chi connectivity index (χ4n) is 2.59. The Morgan fingerprint density at radius 1 is 1.32 bits per heavy atom. The number of nitrogens with zero attached hydrogens (tertiary/aromatic N) is 2. The minimum Gasteiger partial charge on any atom is -0.384 e. The number of benzene rings is 1. The van der Waals surface area contributed by atoms with Gasteiger partial charge in [0.05, 0.1) is 0 Å². The van der Waals surface area contributed by atoms with Gasteiger partial charge in [-0.1, -0.05) is 11.6 Å². The molecular weight excluding hydrogens is 236 g/mol. The van der Waals surface area contributed by atoms with Crippen molar-refractivity contribution in [2.75, 3.05) is 31.6 Å². The van der Waals surface area contributed by atoms with Gasteiger partial charge in [0.25, 0.3) is 0 Å². The predicted octanol–water partition coefficient (Wildman–Crippen LogP) is 1.81. The molecule has 104 valence electrons. The number of likely N-dealkylation sites (N-methyl/N-ethyl adjacent to an activating group) is 1. The topological polar surface area (TPSA) is 56.4 Å². The first-order valence-electron chi connectivity index (χ1n) is 6.72. The average molecular weight is 260 g/mol. The smallest absolute Gasteiger partial charge is 0.124 e. The molecule has 1 aliphatic rings. The van der Waals surface area contributed by atoms with Crippen LogP contribution < -0.4 is 10.6 Å². The predicted molar refractivity (Wildman–Crippen MR) is 81.1 cm³/mol. The minimum atomic E-state index is 0.136. The molecule has 1 heterocycles. The van der Waals surface area contributed by atoms with Gasteiger partial charge in [-0.15, -0.1) is 0 Å². The van der Waals surface area contributed by atoms with Crippen LogP contribution in [0.3, 0.4) is 0 Å². The molecule has 0 aliphatic carbocycles. The molecule has 0 aromatic heterocycles. The number of nitrogens with two attached hydrogens (primary N) is 1. The fraction of sp³-hybridized carbons (Fsp3) is 0.533. The van der Waals surface area contributed by atoms with Crippen LogP contribution in [0.1, 0.15) is 25.0 Å². The summed E-state index contributed by atoms with van der Waals surface area (Å²) >= 11 is 0. The Labute approximate surface area is 115 Å². The third kappa shape index (κ3) is 2.73. The van der Waals surface area contributed by atoms with Crippen molar-refractivity contribution in [3.05, 3.63) is 29.3 Å². The number of amidine groups is 1. The van der Waals surface area contributed by atoms with Crippen molar-refractivity contribution in [1.29, 1.82) is 5.41 Å². The summed E-state index contributed by atoms with van der Waals surface area (Å²) < 4.78 is 0. The molecule has 0 atom stereocenters. The molecule has 0 spiro atoms. The lowest BCUT2D eigenvalue weighted by molar-refractivity contribution is 0.139. The Kier molecular flexibility index (Phi) is 3.54. The summed E-state index contributed by atoms with van der Waals surface area (Å²) in [5, 5.41) is 7.77. The van der Waals surface area contributed by atoms with E-state index in [4.69, 9.17) is 11.1 Å². The summed E-state index contributed by atoms with van der Waals surface area (Å²) in [6.45, 7) is 9.49. The van der Waals surface area contributed by atoms with Crippen molar-refractivity contribution < 1.29 is 0 Å². The lowest BCUT2D eigenvalue weighted by atomic mass is 9.98. The Bertz CT molecular complexity index is 493. The van der Waals surface area contributed by atoms with Gasteiger partial charge in [0.1, 0.15) is 5.84 Å². The zero-order valence-electron chi connectivity index (χ0n) is 12.3. The molecule has 1 saturated heterocycles. The minimum absolute atomic E-state index is 0.136. The molecule has 0 bridgehead atoms. The summed E-state index contributed by atoms with van der Waals surface area (Å²) in [7, 11) is 2.17. The summed E-state index contributed by atoms with van der Waals surface area (Å²) in [5.41, 5.74) is 8.94. The van der Waals surface area contributed by atoms with Gasteiger partial charge in [-0.25, -0.2) is 0 Å². The van der Waals surface area contributed by atoms with Gasteiger partial charge in [-0.2, -0.15) is 0 Å². The van der Waals surface area contributed by atoms with E-state index in [1.54, 1.807) is 0 Å². The lowest BCUT2D eigenvalue weighted by Crippen LogP contribution is -2.58. The molecule has 1 aromatic carbocycles. The van der Waals surface area contributed by atoms with E-state index < -0.39 is 0 Å². The van der Waals surface area contributed by atoms with Crippen LogP contribution in [0.2, 0.25) is 0 Å². The highest BCUT2D eigenvalue weighted by atomic mass is 15.3. The molecular formula is C15H24N4. The van der Waals surface area contributed by atoms with E-state index in [-0.39, 0.29) is 11.4 Å². The quantitative estimate of drug-likeness (QED) is 0.630. The SMILES string of the molecule is Cc1ccc(N2CCN(C)C(C)(C)C2)c(C(=N)N)c1. The first-order valence-corrected chi connectivity index (χ1v) is 6.72. The molecule has 1 aromatic rings. The molecule has 0 radical (unpaired) electrons. The normalized spacial score (nSPS) is 19.5. The van der Waals surface area contributed by atoms with Crippen molar-refractivity contribution in [1.82, 2.24) is 4.90 Å². The standard InChI is InChI=1S/C15H24N4/c1-11-5-6-13(12(9-11)14(16)17)19-8-7-18(4)15(2,3)10-19/h5-6,9H,7-8,10H2,1-4H3,(H3,16,17). The summed E-state index contributed by atoms with van der Waals surface area (Å²) in [4.78, 5) is 4.72. The lowest BCUT2D eigenvalue weighted by Gasteiger charge is -2.46. The molecule has 4 heteroatoms. The van der Waals surface area contributed by atoms with E-state index in [1.807, 2.05) is 13.0 Å². The Morgan fingerprint density at radius 2 is 2.00 bits per heavy atom. The van der Waals surface area contributed by atoms with Gasteiger partial charge in [0.2, 0.25) is 0 Å².